The summed E-state index contributed by atoms with van der Waals surface area (Å²) in [6.45, 7) is 0. The van der Waals surface area contributed by atoms with Crippen LogP contribution >= 0.6 is 23.2 Å². The van der Waals surface area contributed by atoms with Gasteiger partial charge in [0.15, 0.2) is 0 Å². The summed E-state index contributed by atoms with van der Waals surface area (Å²) >= 11 is 12.1. The van der Waals surface area contributed by atoms with Crippen LogP contribution in [-0.4, -0.2) is 7.11 Å². The molecule has 0 aliphatic carbocycles. The topological polar surface area (TPSA) is 9.23 Å². The van der Waals surface area contributed by atoms with Crippen LogP contribution in [-0.2, 0) is 0 Å². The molecule has 0 spiro atoms. The standard InChI is InChI=1S/C13H10Cl2O/c1-16-11-4-2-3-9(7-11)12-8-10(14)5-6-13(12)15/h2-8H,1H3. The second-order valence-corrected chi connectivity index (χ2v) is 4.20. The second kappa shape index (κ2) is 4.77. The fourth-order valence-electron chi connectivity index (χ4n) is 1.51. The number of halogens is 2. The zero-order valence-corrected chi connectivity index (χ0v) is 10.2. The van der Waals surface area contributed by atoms with Crippen LogP contribution in [0, 0.1) is 0 Å². The lowest BCUT2D eigenvalue weighted by Crippen LogP contribution is -1.84. The average molecular weight is 253 g/mol. The molecule has 2 aromatic rings. The zero-order chi connectivity index (χ0) is 11.5. The maximum absolute atomic E-state index is 6.13. The largest absolute Gasteiger partial charge is 0.497 e. The highest BCUT2D eigenvalue weighted by molar-refractivity contribution is 6.35. The maximum atomic E-state index is 6.13. The Balaban J connectivity index is 2.53. The van der Waals surface area contributed by atoms with Gasteiger partial charge in [0, 0.05) is 15.6 Å². The van der Waals surface area contributed by atoms with Crippen LogP contribution in [0.4, 0.5) is 0 Å². The summed E-state index contributed by atoms with van der Waals surface area (Å²) in [5.41, 5.74) is 1.90. The van der Waals surface area contributed by atoms with Crippen LogP contribution in [0.5, 0.6) is 5.75 Å². The highest BCUT2D eigenvalue weighted by Crippen LogP contribution is 2.32. The summed E-state index contributed by atoms with van der Waals surface area (Å²) in [4.78, 5) is 0. The summed E-state index contributed by atoms with van der Waals surface area (Å²) in [7, 11) is 1.64. The third-order valence-electron chi connectivity index (χ3n) is 2.31. The van der Waals surface area contributed by atoms with E-state index in [1.54, 1.807) is 19.2 Å². The molecule has 0 N–H and O–H groups in total. The second-order valence-electron chi connectivity index (χ2n) is 3.36. The molecule has 0 radical (unpaired) electrons. The van der Waals surface area contributed by atoms with E-state index in [4.69, 9.17) is 27.9 Å². The first-order chi connectivity index (χ1) is 7.70. The molecule has 0 aromatic heterocycles. The van der Waals surface area contributed by atoms with Gasteiger partial charge >= 0.3 is 0 Å². The Morgan fingerprint density at radius 1 is 1.00 bits per heavy atom. The summed E-state index contributed by atoms with van der Waals surface area (Å²) in [6.07, 6.45) is 0. The molecule has 2 rings (SSSR count). The third-order valence-corrected chi connectivity index (χ3v) is 2.87. The Hall–Kier alpha value is -1.18. The predicted molar refractivity (Wildman–Crippen MR) is 68.5 cm³/mol. The number of methoxy groups -OCH3 is 1. The minimum absolute atomic E-state index is 0.669. The van der Waals surface area contributed by atoms with Crippen LogP contribution in [0.25, 0.3) is 11.1 Å². The molecule has 0 fully saturated rings. The van der Waals surface area contributed by atoms with E-state index in [0.29, 0.717) is 10.0 Å². The molecule has 1 nitrogen and oxygen atoms in total. The first-order valence-corrected chi connectivity index (χ1v) is 5.56. The Bertz CT molecular complexity index is 509. The van der Waals surface area contributed by atoms with E-state index in [-0.39, 0.29) is 0 Å². The Morgan fingerprint density at radius 3 is 2.56 bits per heavy atom. The van der Waals surface area contributed by atoms with Gasteiger partial charge in [-0.25, -0.2) is 0 Å². The molecule has 0 saturated heterocycles. The van der Waals surface area contributed by atoms with E-state index in [1.165, 1.54) is 0 Å². The zero-order valence-electron chi connectivity index (χ0n) is 8.71. The van der Waals surface area contributed by atoms with Crippen LogP contribution in [0.2, 0.25) is 10.0 Å². The van der Waals surface area contributed by atoms with Crippen molar-refractivity contribution in [3.63, 3.8) is 0 Å². The van der Waals surface area contributed by atoms with Crippen molar-refractivity contribution in [1.29, 1.82) is 0 Å². The lowest BCUT2D eigenvalue weighted by molar-refractivity contribution is 0.415. The quantitative estimate of drug-likeness (QED) is 0.755. The monoisotopic (exact) mass is 252 g/mol. The van der Waals surface area contributed by atoms with Crippen LogP contribution in [0.1, 0.15) is 0 Å². The smallest absolute Gasteiger partial charge is 0.119 e. The van der Waals surface area contributed by atoms with Gasteiger partial charge in [0.2, 0.25) is 0 Å². The van der Waals surface area contributed by atoms with Crippen molar-refractivity contribution in [2.24, 2.45) is 0 Å². The van der Waals surface area contributed by atoms with Crippen LogP contribution in [0.3, 0.4) is 0 Å². The van der Waals surface area contributed by atoms with Crippen molar-refractivity contribution in [3.8, 4) is 16.9 Å². The lowest BCUT2D eigenvalue weighted by Gasteiger charge is -2.07. The minimum Gasteiger partial charge on any atom is -0.497 e. The minimum atomic E-state index is 0.669. The van der Waals surface area contributed by atoms with Gasteiger partial charge in [0.1, 0.15) is 5.75 Å². The molecular formula is C13H10Cl2O. The lowest BCUT2D eigenvalue weighted by atomic mass is 10.1. The van der Waals surface area contributed by atoms with Gasteiger partial charge in [-0.15, -0.1) is 0 Å². The molecule has 0 aliphatic rings. The molecule has 0 unspecified atom stereocenters. The molecule has 0 atom stereocenters. The SMILES string of the molecule is COc1cccc(-c2cc(Cl)ccc2Cl)c1. The van der Waals surface area contributed by atoms with Gasteiger partial charge in [-0.2, -0.15) is 0 Å². The normalized spacial score (nSPS) is 10.2. The van der Waals surface area contributed by atoms with Gasteiger partial charge in [-0.1, -0.05) is 35.3 Å². The van der Waals surface area contributed by atoms with Gasteiger partial charge in [-0.05, 0) is 35.9 Å². The molecular weight excluding hydrogens is 243 g/mol. The molecule has 16 heavy (non-hydrogen) atoms. The molecule has 0 bridgehead atoms. The predicted octanol–water partition coefficient (Wildman–Crippen LogP) is 4.67. The molecule has 0 amide bonds. The third kappa shape index (κ3) is 2.31. The maximum Gasteiger partial charge on any atom is 0.119 e. The summed E-state index contributed by atoms with van der Waals surface area (Å²) in [5, 5.41) is 1.35. The first-order valence-electron chi connectivity index (χ1n) is 4.80. The van der Waals surface area contributed by atoms with E-state index < -0.39 is 0 Å². The number of ether oxygens (including phenoxy) is 1. The molecule has 0 aliphatic heterocycles. The molecule has 3 heteroatoms. The Labute approximate surface area is 105 Å². The van der Waals surface area contributed by atoms with Crippen molar-refractivity contribution in [2.45, 2.75) is 0 Å². The van der Waals surface area contributed by atoms with Crippen molar-refractivity contribution in [3.05, 3.63) is 52.5 Å². The highest BCUT2D eigenvalue weighted by atomic mass is 35.5. The van der Waals surface area contributed by atoms with Gasteiger partial charge in [0.05, 0.1) is 7.11 Å². The van der Waals surface area contributed by atoms with Crippen molar-refractivity contribution in [2.75, 3.05) is 7.11 Å². The molecule has 0 heterocycles. The summed E-state index contributed by atoms with van der Waals surface area (Å²) in [5.74, 6) is 0.800. The Morgan fingerprint density at radius 2 is 1.81 bits per heavy atom. The van der Waals surface area contributed by atoms with Gasteiger partial charge in [0.25, 0.3) is 0 Å². The molecule has 82 valence electrons. The summed E-state index contributed by atoms with van der Waals surface area (Å²) in [6, 6.07) is 13.1. The van der Waals surface area contributed by atoms with E-state index in [1.807, 2.05) is 30.3 Å². The number of hydrogen-bond donors (Lipinski definition) is 0. The summed E-state index contributed by atoms with van der Waals surface area (Å²) < 4.78 is 5.17. The van der Waals surface area contributed by atoms with E-state index in [2.05, 4.69) is 0 Å². The van der Waals surface area contributed by atoms with E-state index in [9.17, 15) is 0 Å². The number of rotatable bonds is 2. The average Bonchev–Trinajstić information content (AvgIpc) is 2.32. The molecule has 0 saturated carbocycles. The number of benzene rings is 2. The van der Waals surface area contributed by atoms with Crippen LogP contribution < -0.4 is 4.74 Å². The highest BCUT2D eigenvalue weighted by Gasteiger charge is 2.05. The fraction of sp³-hybridized carbons (Fsp3) is 0.0769. The van der Waals surface area contributed by atoms with Crippen LogP contribution in [0.15, 0.2) is 42.5 Å². The fourth-order valence-corrected chi connectivity index (χ4v) is 1.91. The Kier molecular flexibility index (Phi) is 3.37. The van der Waals surface area contributed by atoms with Crippen molar-refractivity contribution >= 4 is 23.2 Å². The van der Waals surface area contributed by atoms with Crippen molar-refractivity contribution < 1.29 is 4.74 Å². The van der Waals surface area contributed by atoms with Gasteiger partial charge < -0.3 is 4.74 Å². The van der Waals surface area contributed by atoms with E-state index in [0.717, 1.165) is 16.9 Å². The first kappa shape index (κ1) is 11.3. The number of hydrogen-bond acceptors (Lipinski definition) is 1. The van der Waals surface area contributed by atoms with Crippen molar-refractivity contribution in [1.82, 2.24) is 0 Å². The van der Waals surface area contributed by atoms with Gasteiger partial charge in [-0.3, -0.25) is 0 Å². The molecule has 2 aromatic carbocycles. The van der Waals surface area contributed by atoms with E-state index >= 15 is 0 Å².